The maximum absolute atomic E-state index is 15.0. The van der Waals surface area contributed by atoms with Crippen molar-refractivity contribution in [3.8, 4) is 11.3 Å². The normalized spacial score (nSPS) is 16.5. The van der Waals surface area contributed by atoms with Gasteiger partial charge in [-0.2, -0.15) is 18.3 Å². The first-order valence-electron chi connectivity index (χ1n) is 11.3. The molecule has 0 bridgehead atoms. The molecule has 0 saturated carbocycles. The molecule has 3 aromatic heterocycles. The van der Waals surface area contributed by atoms with Gasteiger partial charge in [0.15, 0.2) is 0 Å². The third kappa shape index (κ3) is 5.03. The number of benzene rings is 1. The quantitative estimate of drug-likeness (QED) is 0.359. The zero-order chi connectivity index (χ0) is 26.5. The van der Waals surface area contributed by atoms with Gasteiger partial charge in [0.2, 0.25) is 0 Å². The minimum atomic E-state index is -4.65. The van der Waals surface area contributed by atoms with Crippen molar-refractivity contribution in [1.82, 2.24) is 24.3 Å². The summed E-state index contributed by atoms with van der Waals surface area (Å²) in [7, 11) is 1.79. The van der Waals surface area contributed by atoms with E-state index in [-0.39, 0.29) is 39.1 Å². The average molecular weight is 537 g/mol. The molecule has 1 aromatic carbocycles. The van der Waals surface area contributed by atoms with Crippen LogP contribution in [0.15, 0.2) is 41.5 Å². The van der Waals surface area contributed by atoms with Crippen LogP contribution in [0.4, 0.5) is 23.4 Å². The van der Waals surface area contributed by atoms with Crippen molar-refractivity contribution >= 4 is 28.3 Å². The third-order valence-corrected chi connectivity index (χ3v) is 6.36. The van der Waals surface area contributed by atoms with E-state index in [4.69, 9.17) is 16.3 Å². The van der Waals surface area contributed by atoms with Gasteiger partial charge in [-0.25, -0.2) is 14.4 Å². The lowest BCUT2D eigenvalue weighted by Gasteiger charge is -2.33. The maximum atomic E-state index is 15.0. The summed E-state index contributed by atoms with van der Waals surface area (Å²) in [6.07, 6.45) is -1.43. The lowest BCUT2D eigenvalue weighted by molar-refractivity contribution is -0.141. The standard InChI is InChI=1S/C24H21ClF4N6O2/c1-13-31-18-8-20(34-5-6-37-19(11-34)14-9-30-33(2)10-14)32-22(16-4-3-15(25)7-17(16)26)21(18)23(36)35(13)12-24(27,28)29/h3-4,7-10,19H,5-6,11-12H2,1-2H3/t19-/m0/s1. The van der Waals surface area contributed by atoms with Gasteiger partial charge >= 0.3 is 6.18 Å². The average Bonchev–Trinajstić information content (AvgIpc) is 3.27. The van der Waals surface area contributed by atoms with Gasteiger partial charge in [-0.05, 0) is 25.1 Å². The summed E-state index contributed by atoms with van der Waals surface area (Å²) in [6, 6.07) is 5.35. The molecule has 0 spiro atoms. The zero-order valence-corrected chi connectivity index (χ0v) is 20.5. The van der Waals surface area contributed by atoms with Gasteiger partial charge in [0.1, 0.15) is 30.1 Å². The number of ether oxygens (including phenoxy) is 1. The lowest BCUT2D eigenvalue weighted by atomic mass is 10.1. The molecular formula is C24H21ClF4N6O2. The van der Waals surface area contributed by atoms with E-state index in [9.17, 15) is 18.0 Å². The van der Waals surface area contributed by atoms with Crippen LogP contribution < -0.4 is 10.5 Å². The second-order valence-electron chi connectivity index (χ2n) is 8.77. The molecule has 0 radical (unpaired) electrons. The Hall–Kier alpha value is -3.51. The number of rotatable bonds is 4. The van der Waals surface area contributed by atoms with Gasteiger partial charge < -0.3 is 9.64 Å². The molecule has 0 aliphatic carbocycles. The number of pyridine rings is 1. The molecule has 0 unspecified atom stereocenters. The number of morpholine rings is 1. The summed E-state index contributed by atoms with van der Waals surface area (Å²) in [5.74, 6) is -0.505. The largest absolute Gasteiger partial charge is 0.406 e. The van der Waals surface area contributed by atoms with Crippen LogP contribution in [0.3, 0.4) is 0 Å². The lowest BCUT2D eigenvalue weighted by Crippen LogP contribution is -2.39. The summed E-state index contributed by atoms with van der Waals surface area (Å²) in [4.78, 5) is 24.1. The Bertz CT molecular complexity index is 1550. The number of aryl methyl sites for hydroxylation is 2. The smallest absolute Gasteiger partial charge is 0.370 e. The molecule has 1 saturated heterocycles. The van der Waals surface area contributed by atoms with Crippen LogP contribution in [0.2, 0.25) is 5.02 Å². The summed E-state index contributed by atoms with van der Waals surface area (Å²) in [6.45, 7) is 0.992. The molecule has 0 N–H and O–H groups in total. The molecule has 5 rings (SSSR count). The summed E-state index contributed by atoms with van der Waals surface area (Å²) >= 11 is 5.91. The number of alkyl halides is 3. The predicted octanol–water partition coefficient (Wildman–Crippen LogP) is 4.43. The van der Waals surface area contributed by atoms with Crippen LogP contribution in [0.5, 0.6) is 0 Å². The van der Waals surface area contributed by atoms with E-state index in [2.05, 4.69) is 15.1 Å². The first kappa shape index (κ1) is 25.2. The highest BCUT2D eigenvalue weighted by molar-refractivity contribution is 6.30. The highest BCUT2D eigenvalue weighted by Gasteiger charge is 2.31. The van der Waals surface area contributed by atoms with Gasteiger partial charge in [-0.15, -0.1) is 0 Å². The summed E-state index contributed by atoms with van der Waals surface area (Å²) in [5.41, 5.74) is -0.173. The highest BCUT2D eigenvalue weighted by Crippen LogP contribution is 2.33. The molecule has 1 aliphatic heterocycles. The van der Waals surface area contributed by atoms with Crippen molar-refractivity contribution in [2.75, 3.05) is 24.6 Å². The van der Waals surface area contributed by atoms with E-state index in [0.717, 1.165) is 11.6 Å². The molecule has 1 aliphatic rings. The van der Waals surface area contributed by atoms with E-state index in [1.807, 2.05) is 11.1 Å². The number of nitrogens with zero attached hydrogens (tertiary/aromatic N) is 6. The molecule has 4 aromatic rings. The fraction of sp³-hybridized carbons (Fsp3) is 0.333. The van der Waals surface area contributed by atoms with Crippen molar-refractivity contribution in [2.45, 2.75) is 25.7 Å². The Morgan fingerprint density at radius 3 is 2.68 bits per heavy atom. The Kier molecular flexibility index (Phi) is 6.40. The molecule has 4 heterocycles. The van der Waals surface area contributed by atoms with E-state index in [1.165, 1.54) is 25.1 Å². The van der Waals surface area contributed by atoms with Crippen molar-refractivity contribution in [3.05, 3.63) is 69.2 Å². The Labute approximate surface area is 213 Å². The summed E-state index contributed by atoms with van der Waals surface area (Å²) in [5, 5.41) is 4.09. The first-order chi connectivity index (χ1) is 17.5. The molecule has 8 nitrogen and oxygen atoms in total. The van der Waals surface area contributed by atoms with Crippen molar-refractivity contribution < 1.29 is 22.3 Å². The number of fused-ring (bicyclic) bond motifs is 1. The Morgan fingerprint density at radius 1 is 1.22 bits per heavy atom. The Morgan fingerprint density at radius 2 is 2.00 bits per heavy atom. The molecule has 1 fully saturated rings. The summed E-state index contributed by atoms with van der Waals surface area (Å²) < 4.78 is 62.8. The van der Waals surface area contributed by atoms with Crippen LogP contribution in [0.1, 0.15) is 17.5 Å². The fourth-order valence-corrected chi connectivity index (χ4v) is 4.56. The van der Waals surface area contributed by atoms with Crippen LogP contribution in [-0.4, -0.2) is 50.2 Å². The number of anilines is 1. The van der Waals surface area contributed by atoms with Gasteiger partial charge in [0, 0.05) is 48.5 Å². The molecule has 13 heteroatoms. The molecule has 194 valence electrons. The second-order valence-corrected chi connectivity index (χ2v) is 9.20. The van der Waals surface area contributed by atoms with Crippen LogP contribution in [-0.2, 0) is 18.3 Å². The van der Waals surface area contributed by atoms with Crippen molar-refractivity contribution in [1.29, 1.82) is 0 Å². The van der Waals surface area contributed by atoms with E-state index in [1.54, 1.807) is 17.9 Å². The highest BCUT2D eigenvalue weighted by atomic mass is 35.5. The number of halogens is 5. The molecule has 37 heavy (non-hydrogen) atoms. The maximum Gasteiger partial charge on any atom is 0.406 e. The van der Waals surface area contributed by atoms with E-state index < -0.39 is 24.1 Å². The van der Waals surface area contributed by atoms with E-state index in [0.29, 0.717) is 30.1 Å². The van der Waals surface area contributed by atoms with Gasteiger partial charge in [0.25, 0.3) is 5.56 Å². The van der Waals surface area contributed by atoms with E-state index >= 15 is 4.39 Å². The fourth-order valence-electron chi connectivity index (χ4n) is 4.40. The topological polar surface area (TPSA) is 78.1 Å². The van der Waals surface area contributed by atoms with Crippen molar-refractivity contribution in [2.24, 2.45) is 7.05 Å². The van der Waals surface area contributed by atoms with Gasteiger partial charge in [-0.3, -0.25) is 14.0 Å². The molecule has 1 atom stereocenters. The van der Waals surface area contributed by atoms with Crippen LogP contribution in [0, 0.1) is 12.7 Å². The number of hydrogen-bond acceptors (Lipinski definition) is 6. The van der Waals surface area contributed by atoms with Crippen LogP contribution in [0.25, 0.3) is 22.2 Å². The SMILES string of the molecule is Cc1nc2cc(N3CCO[C@H](c4cnn(C)c4)C3)nc(-c3ccc(Cl)cc3F)c2c(=O)n1CC(F)(F)F. The molecular weight excluding hydrogens is 516 g/mol. The van der Waals surface area contributed by atoms with Gasteiger partial charge in [-0.1, -0.05) is 11.6 Å². The zero-order valence-electron chi connectivity index (χ0n) is 19.8. The Balaban J connectivity index is 1.69. The minimum Gasteiger partial charge on any atom is -0.370 e. The number of hydrogen-bond donors (Lipinski definition) is 0. The second kappa shape index (κ2) is 9.42. The molecule has 0 amide bonds. The van der Waals surface area contributed by atoms with Gasteiger partial charge in [0.05, 0.1) is 29.4 Å². The van der Waals surface area contributed by atoms with Crippen LogP contribution >= 0.6 is 11.6 Å². The predicted molar refractivity (Wildman–Crippen MR) is 129 cm³/mol. The minimum absolute atomic E-state index is 0.0744. The van der Waals surface area contributed by atoms with Crippen molar-refractivity contribution in [3.63, 3.8) is 0 Å². The monoisotopic (exact) mass is 536 g/mol. The first-order valence-corrected chi connectivity index (χ1v) is 11.7. The number of aromatic nitrogens is 5. The third-order valence-electron chi connectivity index (χ3n) is 6.13.